The molecule has 2 fully saturated rings. The normalized spacial score (nSPS) is 21.4. The van der Waals surface area contributed by atoms with Gasteiger partial charge in [-0.1, -0.05) is 61.5 Å². The van der Waals surface area contributed by atoms with Gasteiger partial charge in [-0.05, 0) is 65.0 Å². The second-order valence-electron chi connectivity index (χ2n) is 7.21. The first kappa shape index (κ1) is 16.1. The summed E-state index contributed by atoms with van der Waals surface area (Å²) < 4.78 is 5.61. The zero-order valence-electron chi connectivity index (χ0n) is 14.9. The molecule has 0 aromatic heterocycles. The summed E-state index contributed by atoms with van der Waals surface area (Å²) in [6, 6.07) is 17.8. The molecule has 2 atom stereocenters. The van der Waals surface area contributed by atoms with Crippen LogP contribution in [-0.4, -0.2) is 6.61 Å². The van der Waals surface area contributed by atoms with Crippen molar-refractivity contribution >= 4 is 6.08 Å². The molecule has 2 aromatic carbocycles. The number of hydrogen-bond donors (Lipinski definition) is 0. The molecule has 25 heavy (non-hydrogen) atoms. The van der Waals surface area contributed by atoms with E-state index >= 15 is 0 Å². The Morgan fingerprint density at radius 1 is 1.04 bits per heavy atom. The summed E-state index contributed by atoms with van der Waals surface area (Å²) >= 11 is 0. The summed E-state index contributed by atoms with van der Waals surface area (Å²) in [4.78, 5) is 0. The Hall–Kier alpha value is -2.41. The minimum Gasteiger partial charge on any atom is -0.453 e. The fraction of sp³-hybridized carbons (Fsp3) is 0.292. The van der Waals surface area contributed by atoms with Crippen LogP contribution in [0.3, 0.4) is 0 Å². The molecule has 0 bridgehead atoms. The largest absolute Gasteiger partial charge is 0.453 e. The van der Waals surface area contributed by atoms with Crippen LogP contribution in [0, 0.1) is 12.8 Å². The average Bonchev–Trinajstić information content (AvgIpc) is 3.56. The third kappa shape index (κ3) is 3.82. The van der Waals surface area contributed by atoms with Gasteiger partial charge in [0.15, 0.2) is 0 Å². The number of rotatable bonds is 6. The molecule has 0 heterocycles. The molecule has 0 saturated heterocycles. The zero-order chi connectivity index (χ0) is 17.2. The minimum atomic E-state index is 0.484. The lowest BCUT2D eigenvalue weighted by molar-refractivity contribution is 0.258. The van der Waals surface area contributed by atoms with Crippen molar-refractivity contribution in [1.29, 1.82) is 0 Å². The lowest BCUT2D eigenvalue weighted by Gasteiger charge is -2.05. The van der Waals surface area contributed by atoms with Gasteiger partial charge in [0.2, 0.25) is 6.61 Å². The van der Waals surface area contributed by atoms with Crippen LogP contribution in [0.2, 0.25) is 0 Å². The van der Waals surface area contributed by atoms with Gasteiger partial charge in [-0.2, -0.15) is 0 Å². The van der Waals surface area contributed by atoms with E-state index in [1.807, 2.05) is 0 Å². The van der Waals surface area contributed by atoms with Crippen molar-refractivity contribution in [3.8, 4) is 11.1 Å². The van der Waals surface area contributed by atoms with Crippen LogP contribution in [0.5, 0.6) is 0 Å². The molecule has 0 amide bonds. The Balaban J connectivity index is 1.45. The van der Waals surface area contributed by atoms with E-state index in [4.69, 9.17) is 4.74 Å². The highest BCUT2D eigenvalue weighted by Crippen LogP contribution is 2.47. The van der Waals surface area contributed by atoms with E-state index in [1.165, 1.54) is 34.2 Å². The van der Waals surface area contributed by atoms with E-state index < -0.39 is 0 Å². The van der Waals surface area contributed by atoms with Gasteiger partial charge >= 0.3 is 0 Å². The monoisotopic (exact) mass is 329 g/mol. The molecule has 0 radical (unpaired) electrons. The summed E-state index contributed by atoms with van der Waals surface area (Å²) in [5.41, 5.74) is 6.64. The maximum absolute atomic E-state index is 5.61. The maximum atomic E-state index is 5.61. The number of benzene rings is 2. The van der Waals surface area contributed by atoms with E-state index in [2.05, 4.69) is 74.5 Å². The molecule has 2 aromatic rings. The van der Waals surface area contributed by atoms with Crippen molar-refractivity contribution in [2.45, 2.75) is 32.1 Å². The Labute approximate surface area is 151 Å². The number of hydrogen-bond acceptors (Lipinski definition) is 1. The maximum Gasteiger partial charge on any atom is 0.224 e. The molecule has 0 spiro atoms. The van der Waals surface area contributed by atoms with Crippen molar-refractivity contribution < 1.29 is 4.74 Å². The summed E-state index contributed by atoms with van der Waals surface area (Å²) in [6.45, 7) is 6.59. The SMILES string of the molecule is [CH2+]COC(/C=C/c1ccc(-c2ccc(C3CC3C)cc2)cc1)=C1CC1. The average molecular weight is 329 g/mol. The number of allylic oxidation sites excluding steroid dienone is 2. The van der Waals surface area contributed by atoms with Gasteiger partial charge in [0.05, 0.1) is 0 Å². The molecular formula is C24H25O+. The summed E-state index contributed by atoms with van der Waals surface area (Å²) in [6.07, 6.45) is 7.87. The smallest absolute Gasteiger partial charge is 0.224 e. The summed E-state index contributed by atoms with van der Waals surface area (Å²) in [7, 11) is 0. The zero-order valence-corrected chi connectivity index (χ0v) is 14.9. The van der Waals surface area contributed by atoms with Gasteiger partial charge < -0.3 is 4.74 Å². The molecular weight excluding hydrogens is 304 g/mol. The second-order valence-corrected chi connectivity index (χ2v) is 7.21. The fourth-order valence-electron chi connectivity index (χ4n) is 3.35. The highest BCUT2D eigenvalue weighted by atomic mass is 16.5. The Bertz CT molecular complexity index is 787. The van der Waals surface area contributed by atoms with Crippen LogP contribution in [0.25, 0.3) is 17.2 Å². The van der Waals surface area contributed by atoms with E-state index in [-0.39, 0.29) is 0 Å². The Morgan fingerprint density at radius 3 is 2.16 bits per heavy atom. The van der Waals surface area contributed by atoms with Gasteiger partial charge in [-0.15, -0.1) is 0 Å². The van der Waals surface area contributed by atoms with Crippen LogP contribution in [0.4, 0.5) is 0 Å². The van der Waals surface area contributed by atoms with E-state index in [1.54, 1.807) is 0 Å². The molecule has 2 saturated carbocycles. The number of ether oxygens (including phenoxy) is 1. The van der Waals surface area contributed by atoms with E-state index in [9.17, 15) is 0 Å². The van der Waals surface area contributed by atoms with Crippen molar-refractivity contribution in [2.75, 3.05) is 6.61 Å². The topological polar surface area (TPSA) is 9.23 Å². The molecule has 2 aliphatic carbocycles. The molecule has 1 nitrogen and oxygen atoms in total. The van der Waals surface area contributed by atoms with E-state index in [0.717, 1.165) is 30.4 Å². The molecule has 2 unspecified atom stereocenters. The van der Waals surface area contributed by atoms with Gasteiger partial charge in [-0.25, -0.2) is 0 Å². The second kappa shape index (κ2) is 6.84. The van der Waals surface area contributed by atoms with Crippen LogP contribution >= 0.6 is 0 Å². The van der Waals surface area contributed by atoms with Crippen molar-refractivity contribution in [2.24, 2.45) is 5.92 Å². The highest BCUT2D eigenvalue weighted by Gasteiger charge is 2.33. The Kier molecular flexibility index (Phi) is 4.40. The third-order valence-electron chi connectivity index (χ3n) is 5.23. The predicted octanol–water partition coefficient (Wildman–Crippen LogP) is 6.39. The third-order valence-corrected chi connectivity index (χ3v) is 5.23. The summed E-state index contributed by atoms with van der Waals surface area (Å²) in [5.74, 6) is 2.65. The first-order chi connectivity index (χ1) is 12.2. The summed E-state index contributed by atoms with van der Waals surface area (Å²) in [5, 5.41) is 0. The quantitative estimate of drug-likeness (QED) is 0.441. The van der Waals surface area contributed by atoms with Gasteiger partial charge in [0.1, 0.15) is 12.7 Å². The molecule has 2 aliphatic rings. The molecule has 0 aliphatic heterocycles. The first-order valence-corrected chi connectivity index (χ1v) is 9.27. The van der Waals surface area contributed by atoms with Gasteiger partial charge in [-0.3, -0.25) is 0 Å². The minimum absolute atomic E-state index is 0.484. The van der Waals surface area contributed by atoms with Crippen LogP contribution in [-0.2, 0) is 4.74 Å². The van der Waals surface area contributed by atoms with E-state index in [0.29, 0.717) is 6.61 Å². The molecule has 0 N–H and O–H groups in total. The van der Waals surface area contributed by atoms with Crippen molar-refractivity contribution in [1.82, 2.24) is 0 Å². The Morgan fingerprint density at radius 2 is 1.64 bits per heavy atom. The van der Waals surface area contributed by atoms with Crippen LogP contribution in [0.1, 0.15) is 43.2 Å². The standard InChI is InChI=1S/C24H25O/c1-3-25-24(22-13-14-22)15-6-18-4-7-19(8-5-18)20-9-11-21(12-10-20)23-16-17(23)2/h4-12,15,17,23H,1,3,13-14,16H2,2H3/q+1/b15-6+. The van der Waals surface area contributed by atoms with Gasteiger partial charge in [0.25, 0.3) is 0 Å². The van der Waals surface area contributed by atoms with Crippen LogP contribution in [0.15, 0.2) is 65.9 Å². The highest BCUT2D eigenvalue weighted by molar-refractivity contribution is 5.66. The predicted molar refractivity (Wildman–Crippen MR) is 105 cm³/mol. The van der Waals surface area contributed by atoms with Gasteiger partial charge in [0, 0.05) is 0 Å². The van der Waals surface area contributed by atoms with Crippen LogP contribution < -0.4 is 0 Å². The fourth-order valence-corrected chi connectivity index (χ4v) is 3.35. The molecule has 126 valence electrons. The van der Waals surface area contributed by atoms with Crippen molar-refractivity contribution in [3.63, 3.8) is 0 Å². The lowest BCUT2D eigenvalue weighted by atomic mass is 10.0. The van der Waals surface area contributed by atoms with Crippen molar-refractivity contribution in [3.05, 3.63) is 84.0 Å². The molecule has 1 heteroatoms. The first-order valence-electron chi connectivity index (χ1n) is 9.27. The molecule has 4 rings (SSSR count). The lowest BCUT2D eigenvalue weighted by Crippen LogP contribution is -1.88.